The van der Waals surface area contributed by atoms with E-state index in [1.165, 1.54) is 7.11 Å². The molecule has 0 fully saturated rings. The van der Waals surface area contributed by atoms with Gasteiger partial charge in [0, 0.05) is 34.9 Å². The van der Waals surface area contributed by atoms with Crippen LogP contribution in [-0.4, -0.2) is 18.8 Å². The van der Waals surface area contributed by atoms with E-state index >= 15 is 0 Å². The Bertz CT molecular complexity index is 1230. The van der Waals surface area contributed by atoms with Crippen molar-refractivity contribution in [2.24, 2.45) is 0 Å². The van der Waals surface area contributed by atoms with Crippen molar-refractivity contribution in [2.45, 2.75) is 38.3 Å². The number of hydrogen-bond acceptors (Lipinski definition) is 4. The van der Waals surface area contributed by atoms with Gasteiger partial charge in [0.2, 0.25) is 0 Å². The molecule has 1 heterocycles. The Morgan fingerprint density at radius 3 is 2.65 bits per heavy atom. The maximum atomic E-state index is 13.5. The molecule has 2 aromatic rings. The molecule has 0 unspecified atom stereocenters. The number of nitrogens with one attached hydrogen (secondary N) is 2. The fourth-order valence-electron chi connectivity index (χ4n) is 4.43. The molecule has 34 heavy (non-hydrogen) atoms. The molecule has 0 aromatic heterocycles. The predicted molar refractivity (Wildman–Crippen MR) is 123 cm³/mol. The van der Waals surface area contributed by atoms with E-state index in [1.54, 1.807) is 31.2 Å². The van der Waals surface area contributed by atoms with E-state index in [2.05, 4.69) is 10.6 Å². The van der Waals surface area contributed by atoms with Crippen molar-refractivity contribution in [3.05, 3.63) is 81.2 Å². The smallest absolute Gasteiger partial charge is 0.416 e. The van der Waals surface area contributed by atoms with Crippen molar-refractivity contribution < 1.29 is 27.5 Å². The summed E-state index contributed by atoms with van der Waals surface area (Å²) in [5.74, 6) is -0.871. The molecule has 0 bridgehead atoms. The van der Waals surface area contributed by atoms with Gasteiger partial charge in [-0.1, -0.05) is 23.7 Å². The van der Waals surface area contributed by atoms with Gasteiger partial charge in [0.25, 0.3) is 5.91 Å². The minimum absolute atomic E-state index is 0.0325. The van der Waals surface area contributed by atoms with Crippen LogP contribution in [0, 0.1) is 0 Å². The van der Waals surface area contributed by atoms with Gasteiger partial charge in [-0.15, -0.1) is 0 Å². The molecule has 0 spiro atoms. The average Bonchev–Trinajstić information content (AvgIpc) is 2.79. The Morgan fingerprint density at radius 1 is 1.18 bits per heavy atom. The monoisotopic (exact) mass is 490 g/mol. The lowest BCUT2D eigenvalue weighted by Crippen LogP contribution is -2.35. The molecule has 9 heteroatoms. The largest absolute Gasteiger partial charge is 0.497 e. The number of ether oxygens (including phenoxy) is 1. The van der Waals surface area contributed by atoms with Crippen LogP contribution in [0.2, 0.25) is 5.02 Å². The molecular formula is C25H22ClF3N2O3. The van der Waals surface area contributed by atoms with Crippen molar-refractivity contribution >= 4 is 29.0 Å². The van der Waals surface area contributed by atoms with Crippen LogP contribution in [-0.2, 0) is 15.8 Å². The van der Waals surface area contributed by atoms with Gasteiger partial charge in [0.1, 0.15) is 5.75 Å². The number of ketones is 1. The van der Waals surface area contributed by atoms with Crippen LogP contribution in [0.4, 0.5) is 18.9 Å². The molecule has 0 saturated heterocycles. The third kappa shape index (κ3) is 4.55. The van der Waals surface area contributed by atoms with Crippen LogP contribution in [0.1, 0.15) is 43.2 Å². The molecule has 4 rings (SSSR count). The van der Waals surface area contributed by atoms with Gasteiger partial charge in [-0.05, 0) is 55.7 Å². The maximum Gasteiger partial charge on any atom is 0.416 e. The van der Waals surface area contributed by atoms with E-state index in [0.717, 1.165) is 23.9 Å². The van der Waals surface area contributed by atoms with Gasteiger partial charge in [-0.3, -0.25) is 9.59 Å². The Kier molecular flexibility index (Phi) is 6.45. The first kappa shape index (κ1) is 23.9. The second-order valence-electron chi connectivity index (χ2n) is 8.19. The number of benzene rings is 2. The van der Waals surface area contributed by atoms with Gasteiger partial charge >= 0.3 is 6.18 Å². The quantitative estimate of drug-likeness (QED) is 0.553. The highest BCUT2D eigenvalue weighted by atomic mass is 35.5. The number of halogens is 4. The Labute approximate surface area is 199 Å². The number of methoxy groups -OCH3 is 1. The first-order valence-corrected chi connectivity index (χ1v) is 11.0. The summed E-state index contributed by atoms with van der Waals surface area (Å²) in [6.45, 7) is 1.71. The van der Waals surface area contributed by atoms with Gasteiger partial charge in [0.15, 0.2) is 5.78 Å². The van der Waals surface area contributed by atoms with E-state index in [0.29, 0.717) is 41.8 Å². The topological polar surface area (TPSA) is 67.4 Å². The third-order valence-corrected chi connectivity index (χ3v) is 6.32. The minimum Gasteiger partial charge on any atom is -0.497 e. The molecule has 2 N–H and O–H groups in total. The predicted octanol–water partition coefficient (Wildman–Crippen LogP) is 5.97. The summed E-state index contributed by atoms with van der Waals surface area (Å²) in [5.41, 5.74) is 1.57. The Balaban J connectivity index is 1.79. The first-order chi connectivity index (χ1) is 16.1. The molecule has 1 amide bonds. The second kappa shape index (κ2) is 9.18. The van der Waals surface area contributed by atoms with E-state index in [1.807, 2.05) is 0 Å². The van der Waals surface area contributed by atoms with E-state index in [-0.39, 0.29) is 22.1 Å². The number of carbonyl (C=O) groups excluding carboxylic acids is 2. The molecule has 1 aliphatic carbocycles. The summed E-state index contributed by atoms with van der Waals surface area (Å²) in [6, 6.07) is 9.79. The van der Waals surface area contributed by atoms with Crippen LogP contribution < -0.4 is 15.4 Å². The van der Waals surface area contributed by atoms with Crippen LogP contribution in [0.5, 0.6) is 5.75 Å². The summed E-state index contributed by atoms with van der Waals surface area (Å²) in [6.07, 6.45) is -2.88. The molecule has 2 aliphatic rings. The lowest BCUT2D eigenvalue weighted by Gasteiger charge is -2.34. The van der Waals surface area contributed by atoms with E-state index in [9.17, 15) is 22.8 Å². The molecule has 0 radical (unpaired) electrons. The fourth-order valence-corrected chi connectivity index (χ4v) is 4.59. The molecule has 1 atom stereocenters. The fraction of sp³-hybridized carbons (Fsp3) is 0.280. The van der Waals surface area contributed by atoms with Crippen LogP contribution in [0.15, 0.2) is 65.0 Å². The normalized spacial score (nSPS) is 18.4. The number of alkyl halides is 3. The van der Waals surface area contributed by atoms with Crippen molar-refractivity contribution in [3.8, 4) is 5.75 Å². The Hall–Kier alpha value is -3.26. The highest BCUT2D eigenvalue weighted by Gasteiger charge is 2.39. The molecule has 178 valence electrons. The van der Waals surface area contributed by atoms with E-state index < -0.39 is 23.6 Å². The van der Waals surface area contributed by atoms with Crippen molar-refractivity contribution in [1.82, 2.24) is 5.32 Å². The van der Waals surface area contributed by atoms with Crippen molar-refractivity contribution in [1.29, 1.82) is 0 Å². The SMILES string of the molecule is COc1cccc([C@H]2C(C(=O)Nc3cc(C(F)(F)F)ccc3Cl)=C(C)NC3=C2C(=O)CCC3)c1. The van der Waals surface area contributed by atoms with Gasteiger partial charge in [-0.2, -0.15) is 13.2 Å². The lowest BCUT2D eigenvalue weighted by molar-refractivity contribution is -0.137. The number of dihydropyridines is 1. The number of allylic oxidation sites excluding steroid dienone is 3. The summed E-state index contributed by atoms with van der Waals surface area (Å²) >= 11 is 6.10. The lowest BCUT2D eigenvalue weighted by atomic mass is 9.75. The minimum atomic E-state index is -4.59. The molecule has 1 aliphatic heterocycles. The zero-order valence-corrected chi connectivity index (χ0v) is 19.2. The zero-order valence-electron chi connectivity index (χ0n) is 18.5. The van der Waals surface area contributed by atoms with Crippen LogP contribution >= 0.6 is 11.6 Å². The van der Waals surface area contributed by atoms with Crippen molar-refractivity contribution in [2.75, 3.05) is 12.4 Å². The zero-order chi connectivity index (χ0) is 24.6. The highest BCUT2D eigenvalue weighted by molar-refractivity contribution is 6.34. The molecular weight excluding hydrogens is 469 g/mol. The highest BCUT2D eigenvalue weighted by Crippen LogP contribution is 2.43. The summed E-state index contributed by atoms with van der Waals surface area (Å²) < 4.78 is 44.9. The summed E-state index contributed by atoms with van der Waals surface area (Å²) in [5, 5.41) is 5.67. The maximum absolute atomic E-state index is 13.5. The number of Topliss-reactive ketones (excluding diaryl/α,β-unsaturated/α-hetero) is 1. The molecule has 5 nitrogen and oxygen atoms in total. The summed E-state index contributed by atoms with van der Waals surface area (Å²) in [7, 11) is 1.52. The van der Waals surface area contributed by atoms with Crippen LogP contribution in [0.25, 0.3) is 0 Å². The number of carbonyl (C=O) groups is 2. The second-order valence-corrected chi connectivity index (χ2v) is 8.60. The van der Waals surface area contributed by atoms with Gasteiger partial charge in [-0.25, -0.2) is 0 Å². The van der Waals surface area contributed by atoms with E-state index in [4.69, 9.17) is 16.3 Å². The first-order valence-electron chi connectivity index (χ1n) is 10.7. The average molecular weight is 491 g/mol. The van der Waals surface area contributed by atoms with Gasteiger partial charge < -0.3 is 15.4 Å². The number of amides is 1. The number of rotatable bonds is 4. The number of hydrogen-bond donors (Lipinski definition) is 2. The molecule has 2 aromatic carbocycles. The third-order valence-electron chi connectivity index (χ3n) is 5.99. The number of anilines is 1. The van der Waals surface area contributed by atoms with Crippen LogP contribution in [0.3, 0.4) is 0 Å². The van der Waals surface area contributed by atoms with Crippen molar-refractivity contribution in [3.63, 3.8) is 0 Å². The Morgan fingerprint density at radius 2 is 1.94 bits per heavy atom. The standard InChI is InChI=1S/C25H22ClF3N2O3/c1-13-21(24(33)31-19-12-15(25(27,28)29)9-10-17(19)26)22(14-5-3-6-16(11-14)34-2)23-18(30-13)7-4-8-20(23)32/h3,5-6,9-12,22,30H,4,7-8H2,1-2H3,(H,31,33)/t22-/m0/s1. The summed E-state index contributed by atoms with van der Waals surface area (Å²) in [4.78, 5) is 26.5. The molecule has 0 saturated carbocycles. The van der Waals surface area contributed by atoms with Gasteiger partial charge in [0.05, 0.1) is 23.4 Å².